The number of carboxylic acid groups (broad SMARTS) is 1. The Bertz CT molecular complexity index is 1670. The summed E-state index contributed by atoms with van der Waals surface area (Å²) >= 11 is 0. The number of benzene rings is 2. The Hall–Kier alpha value is -5.19. The van der Waals surface area contributed by atoms with E-state index in [4.69, 9.17) is 4.74 Å². The first kappa shape index (κ1) is 36.6. The number of unbranched alkanes of at least 4 members (excludes halogenated alkanes) is 4. The van der Waals surface area contributed by atoms with Gasteiger partial charge in [-0.15, -0.1) is 0 Å². The minimum Gasteiger partial charge on any atom is -0.494 e. The molecule has 2 atom stereocenters. The van der Waals surface area contributed by atoms with Gasteiger partial charge >= 0.3 is 5.97 Å². The Morgan fingerprint density at radius 2 is 1.39 bits per heavy atom. The van der Waals surface area contributed by atoms with E-state index in [0.717, 1.165) is 34.4 Å². The Balaban J connectivity index is 1.40. The fraction of sp³-hybridized carbons (Fsp3) is 0.395. The highest BCUT2D eigenvalue weighted by Crippen LogP contribution is 2.24. The minimum atomic E-state index is -1.19. The molecule has 0 unspecified atom stereocenters. The van der Waals surface area contributed by atoms with Crippen LogP contribution in [0.1, 0.15) is 88.5 Å². The molecular weight excluding hydrogens is 620 g/mol. The lowest BCUT2D eigenvalue weighted by Crippen LogP contribution is -2.51. The third-order valence-corrected chi connectivity index (χ3v) is 7.94. The fourth-order valence-electron chi connectivity index (χ4n) is 4.95. The molecule has 0 saturated heterocycles. The number of nitrogens with zero attached hydrogens (tertiary/aromatic N) is 4. The summed E-state index contributed by atoms with van der Waals surface area (Å²) in [4.78, 5) is 55.3. The molecule has 2 aromatic heterocycles. The predicted molar refractivity (Wildman–Crippen MR) is 188 cm³/mol. The second-order valence-electron chi connectivity index (χ2n) is 13.1. The summed E-state index contributed by atoms with van der Waals surface area (Å²) < 4.78 is 5.88. The molecule has 49 heavy (non-hydrogen) atoms. The number of hydrogen-bond donors (Lipinski definition) is 3. The summed E-state index contributed by atoms with van der Waals surface area (Å²) in [5.41, 5.74) is 3.27. The molecule has 3 N–H and O–H groups in total. The Labute approximate surface area is 288 Å². The van der Waals surface area contributed by atoms with E-state index in [0.29, 0.717) is 18.3 Å². The quantitative estimate of drug-likeness (QED) is 0.119. The van der Waals surface area contributed by atoms with Gasteiger partial charge in [-0.25, -0.2) is 19.9 Å². The van der Waals surface area contributed by atoms with Crippen molar-refractivity contribution in [3.8, 4) is 28.3 Å². The van der Waals surface area contributed by atoms with Crippen molar-refractivity contribution in [2.24, 2.45) is 0 Å². The Morgan fingerprint density at radius 1 is 0.776 bits per heavy atom. The molecule has 0 aliphatic heterocycles. The van der Waals surface area contributed by atoms with Gasteiger partial charge in [-0.2, -0.15) is 0 Å². The highest BCUT2D eigenvalue weighted by atomic mass is 16.5. The summed E-state index contributed by atoms with van der Waals surface area (Å²) in [6.07, 6.45) is 12.5. The third-order valence-electron chi connectivity index (χ3n) is 7.94. The molecule has 0 bridgehead atoms. The van der Waals surface area contributed by atoms with E-state index < -0.39 is 29.9 Å². The molecule has 2 aromatic carbocycles. The van der Waals surface area contributed by atoms with E-state index in [1.807, 2.05) is 69.3 Å². The highest BCUT2D eigenvalue weighted by molar-refractivity contribution is 5.97. The first-order valence-corrected chi connectivity index (χ1v) is 16.8. The molecule has 258 valence electrons. The highest BCUT2D eigenvalue weighted by Gasteiger charge is 2.26. The van der Waals surface area contributed by atoms with Crippen molar-refractivity contribution >= 4 is 17.8 Å². The van der Waals surface area contributed by atoms with Gasteiger partial charge in [0.1, 0.15) is 23.7 Å². The number of carbonyl (C=O) groups is 3. The van der Waals surface area contributed by atoms with Crippen molar-refractivity contribution in [2.75, 3.05) is 6.61 Å². The van der Waals surface area contributed by atoms with Crippen LogP contribution in [0, 0.1) is 0 Å². The van der Waals surface area contributed by atoms with Gasteiger partial charge in [0.25, 0.3) is 5.91 Å². The van der Waals surface area contributed by atoms with Gasteiger partial charge in [-0.1, -0.05) is 89.8 Å². The lowest BCUT2D eigenvalue weighted by molar-refractivity contribution is -0.141. The second-order valence-corrected chi connectivity index (χ2v) is 13.1. The maximum Gasteiger partial charge on any atom is 0.325 e. The van der Waals surface area contributed by atoms with Crippen molar-refractivity contribution in [2.45, 2.75) is 90.6 Å². The van der Waals surface area contributed by atoms with Crippen LogP contribution in [0.2, 0.25) is 0 Å². The van der Waals surface area contributed by atoms with E-state index in [1.54, 1.807) is 12.4 Å². The molecular formula is C38H46N6O5. The summed E-state index contributed by atoms with van der Waals surface area (Å²) in [7, 11) is 0. The molecule has 0 radical (unpaired) electrons. The number of nitrogens with one attached hydrogen (secondary N) is 2. The molecule has 11 heteroatoms. The first-order valence-electron chi connectivity index (χ1n) is 16.8. The van der Waals surface area contributed by atoms with Crippen LogP contribution >= 0.6 is 0 Å². The molecule has 4 rings (SSSR count). The Morgan fingerprint density at radius 3 is 1.98 bits per heavy atom. The molecule has 0 aliphatic rings. The molecule has 2 amide bonds. The lowest BCUT2D eigenvalue weighted by Gasteiger charge is -2.21. The number of carbonyl (C=O) groups excluding carboxylic acids is 2. The maximum absolute atomic E-state index is 13.1. The number of hydrogen-bond acceptors (Lipinski definition) is 8. The number of aromatic nitrogens is 4. The van der Waals surface area contributed by atoms with Gasteiger partial charge in [0.2, 0.25) is 5.91 Å². The molecule has 4 aromatic rings. The zero-order chi connectivity index (χ0) is 35.4. The summed E-state index contributed by atoms with van der Waals surface area (Å²) in [5, 5.41) is 14.5. The summed E-state index contributed by atoms with van der Waals surface area (Å²) in [5.74, 6) is -0.398. The number of ether oxygens (including phenoxy) is 1. The number of carboxylic acids is 1. The van der Waals surface area contributed by atoms with E-state index in [-0.39, 0.29) is 17.4 Å². The Kier molecular flexibility index (Phi) is 12.9. The average Bonchev–Trinajstić information content (AvgIpc) is 3.09. The smallest absolute Gasteiger partial charge is 0.325 e. The second kappa shape index (κ2) is 17.3. The molecule has 11 nitrogen and oxygen atoms in total. The number of amides is 2. The average molecular weight is 667 g/mol. The molecule has 0 spiro atoms. The number of aliphatic carboxylic acids is 1. The first-order chi connectivity index (χ1) is 23.4. The van der Waals surface area contributed by atoms with E-state index >= 15 is 0 Å². The molecule has 0 saturated carbocycles. The van der Waals surface area contributed by atoms with Gasteiger partial charge < -0.3 is 20.5 Å². The predicted octanol–water partition coefficient (Wildman–Crippen LogP) is 6.18. The van der Waals surface area contributed by atoms with Crippen molar-refractivity contribution in [1.82, 2.24) is 30.6 Å². The van der Waals surface area contributed by atoms with E-state index in [1.165, 1.54) is 45.0 Å². The van der Waals surface area contributed by atoms with Crippen molar-refractivity contribution < 1.29 is 24.2 Å². The van der Waals surface area contributed by atoms with Crippen LogP contribution in [-0.2, 0) is 21.4 Å². The van der Waals surface area contributed by atoms with Gasteiger partial charge in [-0.05, 0) is 36.6 Å². The third kappa shape index (κ3) is 10.9. The van der Waals surface area contributed by atoms with Crippen molar-refractivity contribution in [1.29, 1.82) is 0 Å². The van der Waals surface area contributed by atoms with Gasteiger partial charge in [0, 0.05) is 47.8 Å². The van der Waals surface area contributed by atoms with Crippen molar-refractivity contribution in [3.63, 3.8) is 0 Å². The van der Waals surface area contributed by atoms with Crippen LogP contribution in [-0.4, -0.2) is 61.5 Å². The SMILES string of the molecule is CCCCCCCOc1ccc(-c2cnc(-c3ccc(C[C@H](NC(=O)c4cnc(C(C)(C)C)nc4)C(=O)N[C@H](C)C(=O)O)cc3)nc2)cc1. The standard InChI is InChI=1S/C38H46N6O5/c1-6-7-8-9-10-19-49-31-17-15-27(16-18-31)29-21-39-33(40-22-29)28-13-11-26(12-14-28)20-32(35(46)43-25(2)36(47)48)44-34(45)30-23-41-37(42-24-30)38(3,4)5/h11-18,21-25,32H,6-10,19-20H2,1-5H3,(H,43,46)(H,44,45)(H,47,48)/t25-,32+/m1/s1. The van der Waals surface area contributed by atoms with Crippen LogP contribution in [0.25, 0.3) is 22.5 Å². The van der Waals surface area contributed by atoms with Crippen molar-refractivity contribution in [3.05, 3.63) is 90.3 Å². The van der Waals surface area contributed by atoms with Gasteiger partial charge in [-0.3, -0.25) is 14.4 Å². The topological polar surface area (TPSA) is 156 Å². The molecule has 0 aliphatic carbocycles. The monoisotopic (exact) mass is 666 g/mol. The zero-order valence-electron chi connectivity index (χ0n) is 28.9. The van der Waals surface area contributed by atoms with Gasteiger partial charge in [0.15, 0.2) is 5.82 Å². The van der Waals surface area contributed by atoms with E-state index in [2.05, 4.69) is 37.5 Å². The van der Waals surface area contributed by atoms with E-state index in [9.17, 15) is 19.5 Å². The number of rotatable bonds is 16. The molecule has 2 heterocycles. The maximum atomic E-state index is 13.1. The van der Waals surface area contributed by atoms with Crippen LogP contribution in [0.4, 0.5) is 0 Å². The summed E-state index contributed by atoms with van der Waals surface area (Å²) in [6, 6.07) is 13.0. The van der Waals surface area contributed by atoms with Crippen LogP contribution < -0.4 is 15.4 Å². The summed E-state index contributed by atoms with van der Waals surface area (Å²) in [6.45, 7) is 10.2. The van der Waals surface area contributed by atoms with Gasteiger partial charge in [0.05, 0.1) is 12.2 Å². The minimum absolute atomic E-state index is 0.115. The van der Waals surface area contributed by atoms with Crippen LogP contribution in [0.3, 0.4) is 0 Å². The fourth-order valence-corrected chi connectivity index (χ4v) is 4.95. The lowest BCUT2D eigenvalue weighted by atomic mass is 9.96. The van der Waals surface area contributed by atoms with Crippen LogP contribution in [0.5, 0.6) is 5.75 Å². The molecule has 0 fully saturated rings. The zero-order valence-corrected chi connectivity index (χ0v) is 28.9. The van der Waals surface area contributed by atoms with Crippen LogP contribution in [0.15, 0.2) is 73.3 Å². The normalized spacial score (nSPS) is 12.5. The largest absolute Gasteiger partial charge is 0.494 e.